The third-order valence-corrected chi connectivity index (χ3v) is 3.82. The molecule has 0 aliphatic carbocycles. The molecule has 104 valence electrons. The van der Waals surface area contributed by atoms with Gasteiger partial charge in [0.25, 0.3) is 0 Å². The second kappa shape index (κ2) is 6.42. The highest BCUT2D eigenvalue weighted by molar-refractivity contribution is 6.32. The van der Waals surface area contributed by atoms with Gasteiger partial charge in [-0.2, -0.15) is 0 Å². The summed E-state index contributed by atoms with van der Waals surface area (Å²) in [6.45, 7) is 9.95. The van der Waals surface area contributed by atoms with Crippen LogP contribution in [0, 0.1) is 0 Å². The number of para-hydroxylation sites is 1. The van der Waals surface area contributed by atoms with Gasteiger partial charge in [0.1, 0.15) is 5.75 Å². The van der Waals surface area contributed by atoms with E-state index in [1.54, 1.807) is 6.07 Å². The average Bonchev–Trinajstić information content (AvgIpc) is 2.40. The van der Waals surface area contributed by atoms with Gasteiger partial charge in [-0.25, -0.2) is 0 Å². The second-order valence-corrected chi connectivity index (χ2v) is 5.55. The number of phenolic OH excluding ortho intramolecular Hbond substituents is 1. The fourth-order valence-electron chi connectivity index (χ4n) is 2.56. The van der Waals surface area contributed by atoms with Gasteiger partial charge in [-0.15, -0.1) is 6.58 Å². The maximum absolute atomic E-state index is 10.2. The molecular weight excluding hydrogens is 260 g/mol. The fourth-order valence-corrected chi connectivity index (χ4v) is 2.74. The molecule has 1 aliphatic rings. The molecule has 0 amide bonds. The van der Waals surface area contributed by atoms with E-state index in [-0.39, 0.29) is 11.8 Å². The van der Waals surface area contributed by atoms with Gasteiger partial charge < -0.3 is 10.4 Å². The van der Waals surface area contributed by atoms with E-state index in [1.165, 1.54) is 0 Å². The summed E-state index contributed by atoms with van der Waals surface area (Å²) in [6.07, 6.45) is 0.841. The molecule has 2 N–H and O–H groups in total. The molecule has 0 unspecified atom stereocenters. The van der Waals surface area contributed by atoms with Crippen LogP contribution >= 0.6 is 11.6 Å². The Morgan fingerprint density at radius 1 is 1.47 bits per heavy atom. The Balaban J connectivity index is 2.30. The number of aromatic hydroxyl groups is 1. The summed E-state index contributed by atoms with van der Waals surface area (Å²) in [5.41, 5.74) is 2.01. The van der Waals surface area contributed by atoms with Crippen LogP contribution in [-0.4, -0.2) is 36.2 Å². The zero-order valence-electron chi connectivity index (χ0n) is 11.3. The molecule has 1 atom stereocenters. The zero-order valence-corrected chi connectivity index (χ0v) is 12.1. The highest BCUT2D eigenvalue weighted by Gasteiger charge is 2.25. The quantitative estimate of drug-likeness (QED) is 0.833. The van der Waals surface area contributed by atoms with Crippen LogP contribution in [0.2, 0.25) is 5.02 Å². The van der Waals surface area contributed by atoms with Gasteiger partial charge in [-0.05, 0) is 19.4 Å². The molecule has 19 heavy (non-hydrogen) atoms. The van der Waals surface area contributed by atoms with E-state index in [2.05, 4.69) is 16.8 Å². The van der Waals surface area contributed by atoms with Crippen molar-refractivity contribution in [3.8, 4) is 5.75 Å². The van der Waals surface area contributed by atoms with Crippen molar-refractivity contribution in [2.75, 3.05) is 26.2 Å². The molecule has 0 bridgehead atoms. The number of benzene rings is 1. The smallest absolute Gasteiger partial charge is 0.138 e. The first kappa shape index (κ1) is 14.4. The van der Waals surface area contributed by atoms with Gasteiger partial charge in [0, 0.05) is 37.8 Å². The first-order chi connectivity index (χ1) is 9.09. The molecule has 4 heteroatoms. The van der Waals surface area contributed by atoms with E-state index in [9.17, 15) is 5.11 Å². The van der Waals surface area contributed by atoms with Crippen LogP contribution in [0.15, 0.2) is 30.4 Å². The Labute approximate surface area is 119 Å². The number of nitrogens with one attached hydrogen (secondary N) is 1. The molecule has 1 fully saturated rings. The Morgan fingerprint density at radius 3 is 2.79 bits per heavy atom. The normalized spacial score (nSPS) is 18.2. The van der Waals surface area contributed by atoms with Gasteiger partial charge in [0.15, 0.2) is 0 Å². The van der Waals surface area contributed by atoms with Crippen molar-refractivity contribution in [2.24, 2.45) is 0 Å². The van der Waals surface area contributed by atoms with Crippen LogP contribution in [0.4, 0.5) is 0 Å². The Kier molecular flexibility index (Phi) is 4.86. The van der Waals surface area contributed by atoms with Crippen molar-refractivity contribution in [1.82, 2.24) is 10.2 Å². The number of halogens is 1. The zero-order chi connectivity index (χ0) is 13.8. The summed E-state index contributed by atoms with van der Waals surface area (Å²) >= 11 is 6.03. The van der Waals surface area contributed by atoms with E-state index in [0.29, 0.717) is 5.02 Å². The van der Waals surface area contributed by atoms with Crippen LogP contribution in [0.25, 0.3) is 0 Å². The number of hydrogen-bond donors (Lipinski definition) is 2. The first-order valence-electron chi connectivity index (χ1n) is 6.66. The highest BCUT2D eigenvalue weighted by Crippen LogP contribution is 2.37. The van der Waals surface area contributed by atoms with E-state index >= 15 is 0 Å². The van der Waals surface area contributed by atoms with Crippen LogP contribution in [0.1, 0.15) is 24.9 Å². The SMILES string of the molecule is C=C(C)C[C@@H](c1cccc(Cl)c1O)N1CCNCC1. The number of piperazine rings is 1. The Hall–Kier alpha value is -1.03. The summed E-state index contributed by atoms with van der Waals surface area (Å²) in [5, 5.41) is 14.0. The van der Waals surface area contributed by atoms with Crippen molar-refractivity contribution >= 4 is 11.6 Å². The number of phenols is 1. The average molecular weight is 281 g/mol. The molecule has 1 aromatic carbocycles. The van der Waals surface area contributed by atoms with Crippen LogP contribution in [0.5, 0.6) is 5.75 Å². The molecule has 3 nitrogen and oxygen atoms in total. The molecule has 0 saturated carbocycles. The van der Waals surface area contributed by atoms with Crippen molar-refractivity contribution in [2.45, 2.75) is 19.4 Å². The molecule has 0 spiro atoms. The van der Waals surface area contributed by atoms with Crippen molar-refractivity contribution < 1.29 is 5.11 Å². The van der Waals surface area contributed by atoms with Gasteiger partial charge in [0.2, 0.25) is 0 Å². The summed E-state index contributed by atoms with van der Waals surface area (Å²) in [4.78, 5) is 2.39. The largest absolute Gasteiger partial charge is 0.506 e. The molecule has 0 aromatic heterocycles. The van der Waals surface area contributed by atoms with E-state index in [1.807, 2.05) is 19.1 Å². The first-order valence-corrected chi connectivity index (χ1v) is 7.04. The highest BCUT2D eigenvalue weighted by atomic mass is 35.5. The maximum atomic E-state index is 10.2. The lowest BCUT2D eigenvalue weighted by Crippen LogP contribution is -2.45. The number of hydrogen-bond acceptors (Lipinski definition) is 3. The van der Waals surface area contributed by atoms with Gasteiger partial charge in [0.05, 0.1) is 5.02 Å². The third-order valence-electron chi connectivity index (χ3n) is 3.51. The number of rotatable bonds is 4. The lowest BCUT2D eigenvalue weighted by atomic mass is 9.97. The Bertz CT molecular complexity index is 455. The van der Waals surface area contributed by atoms with Crippen molar-refractivity contribution in [1.29, 1.82) is 0 Å². The maximum Gasteiger partial charge on any atom is 0.138 e. The predicted octanol–water partition coefficient (Wildman–Crippen LogP) is 2.96. The van der Waals surface area contributed by atoms with Crippen LogP contribution < -0.4 is 5.32 Å². The summed E-state index contributed by atoms with van der Waals surface area (Å²) in [5.74, 6) is 0.203. The lowest BCUT2D eigenvalue weighted by Gasteiger charge is -2.35. The Morgan fingerprint density at radius 2 is 2.16 bits per heavy atom. The molecule has 1 saturated heterocycles. The molecule has 1 heterocycles. The van der Waals surface area contributed by atoms with Crippen LogP contribution in [0.3, 0.4) is 0 Å². The second-order valence-electron chi connectivity index (χ2n) is 5.14. The molecule has 1 aliphatic heterocycles. The van der Waals surface area contributed by atoms with E-state index in [4.69, 9.17) is 11.6 Å². The van der Waals surface area contributed by atoms with Crippen molar-refractivity contribution in [3.63, 3.8) is 0 Å². The van der Waals surface area contributed by atoms with E-state index in [0.717, 1.165) is 43.7 Å². The van der Waals surface area contributed by atoms with Gasteiger partial charge in [-0.3, -0.25) is 4.90 Å². The van der Waals surface area contributed by atoms with Gasteiger partial charge in [-0.1, -0.05) is 29.3 Å². The third kappa shape index (κ3) is 3.50. The topological polar surface area (TPSA) is 35.5 Å². The summed E-state index contributed by atoms with van der Waals surface area (Å²) in [6, 6.07) is 5.72. The predicted molar refractivity (Wildman–Crippen MR) is 79.7 cm³/mol. The lowest BCUT2D eigenvalue weighted by molar-refractivity contribution is 0.170. The molecule has 2 rings (SSSR count). The fraction of sp³-hybridized carbons (Fsp3) is 0.467. The minimum absolute atomic E-state index is 0.151. The monoisotopic (exact) mass is 280 g/mol. The standard InChI is InChI=1S/C15H21ClN2O/c1-11(2)10-14(18-8-6-17-7-9-18)12-4-3-5-13(16)15(12)19/h3-5,14,17,19H,1,6-10H2,2H3/t14-/m0/s1. The minimum atomic E-state index is 0.151. The molecule has 1 aromatic rings. The van der Waals surface area contributed by atoms with Gasteiger partial charge >= 0.3 is 0 Å². The van der Waals surface area contributed by atoms with E-state index < -0.39 is 0 Å². The minimum Gasteiger partial charge on any atom is -0.506 e. The van der Waals surface area contributed by atoms with Crippen molar-refractivity contribution in [3.05, 3.63) is 40.9 Å². The molecule has 0 radical (unpaired) electrons. The van der Waals surface area contributed by atoms with Crippen LogP contribution in [-0.2, 0) is 0 Å². The summed E-state index contributed by atoms with van der Waals surface area (Å²) < 4.78 is 0. The summed E-state index contributed by atoms with van der Waals surface area (Å²) in [7, 11) is 0. The number of nitrogens with zero attached hydrogens (tertiary/aromatic N) is 1. The molecular formula is C15H21ClN2O.